The van der Waals surface area contributed by atoms with Gasteiger partial charge in [-0.05, 0) is 83.0 Å². The fourth-order valence-electron chi connectivity index (χ4n) is 7.43. The Hall–Kier alpha value is -1.90. The number of rotatable bonds is 43. The van der Waals surface area contributed by atoms with Crippen LogP contribution in [0.2, 0.25) is 0 Å². The second-order valence-electron chi connectivity index (χ2n) is 17.2. The normalized spacial score (nSPS) is 12.5. The molecule has 0 rings (SSSR count). The minimum Gasteiger partial charge on any atom is -0.461 e. The maximum atomic E-state index is 14.1. The Balaban J connectivity index is 4.10. The van der Waals surface area contributed by atoms with Crippen molar-refractivity contribution >= 4 is 11.9 Å². The molecule has 5 nitrogen and oxygen atoms in total. The third-order valence-corrected chi connectivity index (χ3v) is 11.1. The molecule has 0 atom stereocenters. The molecule has 0 aliphatic carbocycles. The fraction of sp³-hybridized carbons (Fsp3) is 0.878. The molecule has 0 bridgehead atoms. The van der Waals surface area contributed by atoms with Crippen LogP contribution in [0, 0.1) is 5.92 Å². The Kier molecular flexibility index (Phi) is 38.0. The zero-order chi connectivity index (χ0) is 43.0. The summed E-state index contributed by atoms with van der Waals surface area (Å²) in [5.74, 6) is -5.61. The number of hydrogen-bond donors (Lipinski definition) is 0. The summed E-state index contributed by atoms with van der Waals surface area (Å²) in [5.41, 5.74) is 0. The highest BCUT2D eigenvalue weighted by molar-refractivity contribution is 5.69. The largest absolute Gasteiger partial charge is 0.461 e. The van der Waals surface area contributed by atoms with Crippen LogP contribution in [0.15, 0.2) is 24.3 Å². The lowest BCUT2D eigenvalue weighted by Gasteiger charge is -2.18. The molecule has 0 aromatic rings. The molecule has 342 valence electrons. The van der Waals surface area contributed by atoms with E-state index in [2.05, 4.69) is 32.8 Å². The van der Waals surface area contributed by atoms with Crippen molar-refractivity contribution in [2.75, 3.05) is 33.9 Å². The van der Waals surface area contributed by atoms with E-state index in [1.807, 2.05) is 0 Å². The van der Waals surface area contributed by atoms with Crippen LogP contribution in [-0.4, -0.2) is 62.5 Å². The SMILES string of the molecule is CCCCCCCCCC(F)(F)/C=C\COC(=O)CCCCCCCC(CCCCCCCC(=O)OC/C=C\C(F)(F)CCCCCCCCC)CCCCN(C)C. The first-order valence-electron chi connectivity index (χ1n) is 24.0. The molecule has 58 heavy (non-hydrogen) atoms. The zero-order valence-electron chi connectivity index (χ0n) is 37.9. The van der Waals surface area contributed by atoms with Crippen LogP contribution in [-0.2, 0) is 19.1 Å². The van der Waals surface area contributed by atoms with Crippen molar-refractivity contribution in [3.05, 3.63) is 24.3 Å². The van der Waals surface area contributed by atoms with E-state index >= 15 is 0 Å². The van der Waals surface area contributed by atoms with E-state index in [0.717, 1.165) is 115 Å². The minimum absolute atomic E-state index is 0.0962. The van der Waals surface area contributed by atoms with Crippen LogP contribution in [0.5, 0.6) is 0 Å². The number of unbranched alkanes of at least 4 members (excludes halogenated alkanes) is 21. The monoisotopic (exact) mass is 832 g/mol. The van der Waals surface area contributed by atoms with Gasteiger partial charge in [0.05, 0.1) is 0 Å². The van der Waals surface area contributed by atoms with Crippen molar-refractivity contribution in [3.63, 3.8) is 0 Å². The van der Waals surface area contributed by atoms with Gasteiger partial charge in [-0.3, -0.25) is 9.59 Å². The first-order chi connectivity index (χ1) is 27.9. The highest BCUT2D eigenvalue weighted by Crippen LogP contribution is 2.26. The van der Waals surface area contributed by atoms with Gasteiger partial charge < -0.3 is 14.4 Å². The first-order valence-corrected chi connectivity index (χ1v) is 24.0. The quantitative estimate of drug-likeness (QED) is 0.0265. The Bertz CT molecular complexity index is 933. The Morgan fingerprint density at radius 3 is 1.19 bits per heavy atom. The second kappa shape index (κ2) is 39.2. The van der Waals surface area contributed by atoms with E-state index in [0.29, 0.717) is 25.7 Å². The summed E-state index contributed by atoms with van der Waals surface area (Å²) in [6.07, 6.45) is 35.3. The van der Waals surface area contributed by atoms with Gasteiger partial charge in [0.1, 0.15) is 13.2 Å². The van der Waals surface area contributed by atoms with E-state index in [1.54, 1.807) is 0 Å². The maximum absolute atomic E-state index is 14.1. The van der Waals surface area contributed by atoms with Gasteiger partial charge in [-0.15, -0.1) is 0 Å². The topological polar surface area (TPSA) is 55.8 Å². The molecule has 0 saturated carbocycles. The summed E-state index contributed by atoms with van der Waals surface area (Å²) >= 11 is 0. The Labute approximate surface area is 354 Å². The third-order valence-electron chi connectivity index (χ3n) is 11.1. The molecule has 0 aliphatic heterocycles. The molecule has 0 aromatic heterocycles. The van der Waals surface area contributed by atoms with Gasteiger partial charge in [0.2, 0.25) is 0 Å². The lowest BCUT2D eigenvalue weighted by Crippen LogP contribution is -2.13. The predicted octanol–water partition coefficient (Wildman–Crippen LogP) is 15.5. The van der Waals surface area contributed by atoms with Gasteiger partial charge in [-0.25, -0.2) is 17.6 Å². The number of allylic oxidation sites excluding steroid dienone is 2. The van der Waals surface area contributed by atoms with Crippen LogP contribution in [0.25, 0.3) is 0 Å². The van der Waals surface area contributed by atoms with E-state index in [4.69, 9.17) is 9.47 Å². The van der Waals surface area contributed by atoms with Gasteiger partial charge in [0, 0.05) is 25.7 Å². The first kappa shape index (κ1) is 56.1. The number of alkyl halides is 4. The smallest absolute Gasteiger partial charge is 0.306 e. The van der Waals surface area contributed by atoms with E-state index in [1.165, 1.54) is 95.6 Å². The summed E-state index contributed by atoms with van der Waals surface area (Å²) < 4.78 is 66.6. The Morgan fingerprint density at radius 2 is 0.810 bits per heavy atom. The summed E-state index contributed by atoms with van der Waals surface area (Å²) in [7, 11) is 4.23. The summed E-state index contributed by atoms with van der Waals surface area (Å²) in [6, 6.07) is 0. The molecule has 0 radical (unpaired) electrons. The number of esters is 2. The summed E-state index contributed by atoms with van der Waals surface area (Å²) in [4.78, 5) is 26.4. The van der Waals surface area contributed by atoms with E-state index in [9.17, 15) is 27.2 Å². The number of nitrogens with zero attached hydrogens (tertiary/aromatic N) is 1. The number of hydrogen-bond acceptors (Lipinski definition) is 5. The van der Waals surface area contributed by atoms with Crippen molar-refractivity contribution < 1.29 is 36.6 Å². The van der Waals surface area contributed by atoms with E-state index in [-0.39, 0.29) is 38.0 Å². The lowest BCUT2D eigenvalue weighted by atomic mass is 9.90. The molecule has 0 unspecified atom stereocenters. The van der Waals surface area contributed by atoms with Crippen molar-refractivity contribution in [3.8, 4) is 0 Å². The molecule has 0 spiro atoms. The molecule has 0 amide bonds. The number of carbonyl (C=O) groups excluding carboxylic acids is 2. The lowest BCUT2D eigenvalue weighted by molar-refractivity contribution is -0.143. The number of halogens is 4. The van der Waals surface area contributed by atoms with Gasteiger partial charge in [-0.2, -0.15) is 0 Å². The fourth-order valence-corrected chi connectivity index (χ4v) is 7.43. The molecule has 0 aliphatic rings. The molecule has 0 fully saturated rings. The second-order valence-corrected chi connectivity index (χ2v) is 17.2. The Morgan fingerprint density at radius 1 is 0.483 bits per heavy atom. The average molecular weight is 832 g/mol. The highest BCUT2D eigenvalue weighted by atomic mass is 19.3. The van der Waals surface area contributed by atoms with E-state index < -0.39 is 11.8 Å². The van der Waals surface area contributed by atoms with Crippen molar-refractivity contribution in [2.45, 2.75) is 238 Å². The van der Waals surface area contributed by atoms with Crippen LogP contribution in [0.4, 0.5) is 17.6 Å². The number of carbonyl (C=O) groups is 2. The van der Waals surface area contributed by atoms with Gasteiger partial charge in [0.15, 0.2) is 0 Å². The van der Waals surface area contributed by atoms with Crippen molar-refractivity contribution in [1.29, 1.82) is 0 Å². The molecule has 0 saturated heterocycles. The standard InChI is InChI=1S/C49H89F4NO4/c1-5-7-9-11-13-21-28-38-48(50,51)40-31-43-57-46(55)36-25-19-15-17-23-33-45(35-27-30-42-54(3)4)34-24-18-16-20-26-37-47(56)58-44-32-41-49(52,53)39-29-22-14-12-10-8-6-2/h31-32,40-41,45H,5-30,33-39,42-44H2,1-4H3/b40-31-,41-32-. The third kappa shape index (κ3) is 40.9. The zero-order valence-corrected chi connectivity index (χ0v) is 37.9. The van der Waals surface area contributed by atoms with Gasteiger partial charge >= 0.3 is 11.9 Å². The van der Waals surface area contributed by atoms with Crippen LogP contribution < -0.4 is 0 Å². The highest BCUT2D eigenvalue weighted by Gasteiger charge is 2.24. The van der Waals surface area contributed by atoms with Gasteiger partial charge in [-0.1, -0.05) is 168 Å². The van der Waals surface area contributed by atoms with Crippen molar-refractivity contribution in [2.24, 2.45) is 5.92 Å². The predicted molar refractivity (Wildman–Crippen MR) is 236 cm³/mol. The van der Waals surface area contributed by atoms with Gasteiger partial charge in [0.25, 0.3) is 11.8 Å². The van der Waals surface area contributed by atoms with Crippen LogP contribution >= 0.6 is 0 Å². The summed E-state index contributed by atoms with van der Waals surface area (Å²) in [5, 5.41) is 0. The van der Waals surface area contributed by atoms with Crippen LogP contribution in [0.3, 0.4) is 0 Å². The maximum Gasteiger partial charge on any atom is 0.306 e. The number of ether oxygens (including phenoxy) is 2. The molecule has 9 heteroatoms. The minimum atomic E-state index is -2.85. The molecular weight excluding hydrogens is 743 g/mol. The molecule has 0 heterocycles. The molecule has 0 N–H and O–H groups in total. The molecule has 0 aromatic carbocycles. The summed E-state index contributed by atoms with van der Waals surface area (Å²) in [6.45, 7) is 5.25. The molecular formula is C49H89F4NO4. The van der Waals surface area contributed by atoms with Crippen molar-refractivity contribution in [1.82, 2.24) is 4.90 Å². The van der Waals surface area contributed by atoms with Crippen LogP contribution in [0.1, 0.15) is 226 Å². The average Bonchev–Trinajstić information content (AvgIpc) is 3.17.